The van der Waals surface area contributed by atoms with Crippen molar-refractivity contribution in [2.24, 2.45) is 5.41 Å². The summed E-state index contributed by atoms with van der Waals surface area (Å²) in [5, 5.41) is 9.87. The summed E-state index contributed by atoms with van der Waals surface area (Å²) in [5.41, 5.74) is -1.75. The second-order valence-corrected chi connectivity index (χ2v) is 7.22. The topological polar surface area (TPSA) is 59.8 Å². The van der Waals surface area contributed by atoms with E-state index in [1.54, 1.807) is 0 Å². The van der Waals surface area contributed by atoms with Crippen molar-refractivity contribution in [1.29, 1.82) is 0 Å². The molecule has 0 bridgehead atoms. The lowest BCUT2D eigenvalue weighted by molar-refractivity contribution is -0.144. The molecule has 128 valence electrons. The van der Waals surface area contributed by atoms with Gasteiger partial charge in [-0.15, -0.1) is 5.10 Å². The van der Waals surface area contributed by atoms with Crippen molar-refractivity contribution in [3.63, 3.8) is 0 Å². The molecule has 1 aromatic heterocycles. The van der Waals surface area contributed by atoms with Gasteiger partial charge >= 0.3 is 6.18 Å². The van der Waals surface area contributed by atoms with E-state index in [0.29, 0.717) is 12.8 Å². The van der Waals surface area contributed by atoms with Gasteiger partial charge in [-0.05, 0) is 31.1 Å². The number of hydrogen-bond donors (Lipinski definition) is 1. The van der Waals surface area contributed by atoms with Crippen LogP contribution in [0.25, 0.3) is 0 Å². The molecule has 0 spiro atoms. The molecule has 2 fully saturated rings. The zero-order chi connectivity index (χ0) is 16.8. The average molecular weight is 330 g/mol. The molecule has 2 aliphatic rings. The van der Waals surface area contributed by atoms with Gasteiger partial charge in [-0.25, -0.2) is 4.68 Å². The van der Waals surface area contributed by atoms with Gasteiger partial charge in [0, 0.05) is 6.04 Å². The van der Waals surface area contributed by atoms with Crippen molar-refractivity contribution in [1.82, 2.24) is 20.3 Å². The van der Waals surface area contributed by atoms with Crippen molar-refractivity contribution in [2.45, 2.75) is 70.6 Å². The third kappa shape index (κ3) is 3.21. The molecule has 5 nitrogen and oxygen atoms in total. The van der Waals surface area contributed by atoms with Crippen LogP contribution in [0.3, 0.4) is 0 Å². The molecule has 0 radical (unpaired) electrons. The Balaban J connectivity index is 1.85. The van der Waals surface area contributed by atoms with Gasteiger partial charge in [0.1, 0.15) is 0 Å². The SMILES string of the molecule is CC1(C)CCCCC1NC(=O)c1nnn(C2CC2)c1C(F)(F)F. The Kier molecular flexibility index (Phi) is 3.88. The molecule has 1 amide bonds. The predicted molar refractivity (Wildman–Crippen MR) is 76.8 cm³/mol. The maximum atomic E-state index is 13.3. The number of nitrogens with one attached hydrogen (secondary N) is 1. The molecule has 0 saturated heterocycles. The standard InChI is InChI=1S/C15H21F3N4O/c1-14(2)8-4-3-5-10(14)19-13(23)11-12(15(16,17)18)22(21-20-11)9-6-7-9/h9-10H,3-8H2,1-2H3,(H,19,23). The molecule has 1 heterocycles. The molecule has 1 aromatic rings. The quantitative estimate of drug-likeness (QED) is 0.925. The van der Waals surface area contributed by atoms with Gasteiger partial charge in [-0.1, -0.05) is 31.9 Å². The van der Waals surface area contributed by atoms with E-state index in [4.69, 9.17) is 0 Å². The zero-order valence-corrected chi connectivity index (χ0v) is 13.3. The lowest BCUT2D eigenvalue weighted by Crippen LogP contribution is -2.47. The fraction of sp³-hybridized carbons (Fsp3) is 0.800. The normalized spacial score (nSPS) is 24.5. The summed E-state index contributed by atoms with van der Waals surface area (Å²) in [6, 6.07) is -0.428. The average Bonchev–Trinajstić information content (AvgIpc) is 3.17. The number of carbonyl (C=O) groups excluding carboxylic acids is 1. The van der Waals surface area contributed by atoms with E-state index < -0.39 is 23.5 Å². The van der Waals surface area contributed by atoms with Crippen molar-refractivity contribution >= 4 is 5.91 Å². The number of carbonyl (C=O) groups is 1. The van der Waals surface area contributed by atoms with Crippen molar-refractivity contribution in [3.05, 3.63) is 11.4 Å². The van der Waals surface area contributed by atoms with Gasteiger partial charge in [0.25, 0.3) is 5.91 Å². The number of aromatic nitrogens is 3. The van der Waals surface area contributed by atoms with Crippen LogP contribution in [0.2, 0.25) is 0 Å². The summed E-state index contributed by atoms with van der Waals surface area (Å²) >= 11 is 0. The monoisotopic (exact) mass is 330 g/mol. The number of halogens is 3. The fourth-order valence-corrected chi connectivity index (χ4v) is 3.27. The summed E-state index contributed by atoms with van der Waals surface area (Å²) in [6.07, 6.45) is 0.406. The Hall–Kier alpha value is -1.60. The van der Waals surface area contributed by atoms with E-state index in [0.717, 1.165) is 30.4 Å². The lowest BCUT2D eigenvalue weighted by Gasteiger charge is -2.38. The van der Waals surface area contributed by atoms with Gasteiger partial charge in [0.15, 0.2) is 11.4 Å². The van der Waals surface area contributed by atoms with Gasteiger partial charge in [0.05, 0.1) is 6.04 Å². The summed E-state index contributed by atoms with van der Waals surface area (Å²) in [4.78, 5) is 12.4. The van der Waals surface area contributed by atoms with Crippen LogP contribution in [0, 0.1) is 5.41 Å². The van der Waals surface area contributed by atoms with Gasteiger partial charge in [0.2, 0.25) is 0 Å². The Morgan fingerprint density at radius 3 is 2.52 bits per heavy atom. The minimum atomic E-state index is -4.64. The van der Waals surface area contributed by atoms with Crippen molar-refractivity contribution < 1.29 is 18.0 Å². The second-order valence-electron chi connectivity index (χ2n) is 7.22. The van der Waals surface area contributed by atoms with Crippen molar-refractivity contribution in [2.75, 3.05) is 0 Å². The molecule has 2 aliphatic carbocycles. The number of rotatable bonds is 3. The smallest absolute Gasteiger partial charge is 0.347 e. The number of nitrogens with zero attached hydrogens (tertiary/aromatic N) is 3. The molecule has 8 heteroatoms. The van der Waals surface area contributed by atoms with Gasteiger partial charge < -0.3 is 5.32 Å². The number of alkyl halides is 3. The maximum absolute atomic E-state index is 13.3. The van der Waals surface area contributed by atoms with Crippen LogP contribution < -0.4 is 5.32 Å². The Morgan fingerprint density at radius 1 is 1.26 bits per heavy atom. The molecule has 23 heavy (non-hydrogen) atoms. The molecular formula is C15H21F3N4O. The first kappa shape index (κ1) is 16.3. The largest absolute Gasteiger partial charge is 0.435 e. The first-order chi connectivity index (χ1) is 10.7. The lowest BCUT2D eigenvalue weighted by atomic mass is 9.73. The Labute approximate surface area is 132 Å². The number of hydrogen-bond acceptors (Lipinski definition) is 3. The Bertz CT molecular complexity index is 604. The molecule has 1 atom stereocenters. The third-order valence-electron chi connectivity index (χ3n) is 4.88. The summed E-state index contributed by atoms with van der Waals surface area (Å²) in [6.45, 7) is 4.06. The highest BCUT2D eigenvalue weighted by molar-refractivity contribution is 5.93. The molecule has 0 aliphatic heterocycles. The van der Waals surface area contributed by atoms with E-state index in [1.165, 1.54) is 0 Å². The highest BCUT2D eigenvalue weighted by atomic mass is 19.4. The molecule has 2 saturated carbocycles. The zero-order valence-electron chi connectivity index (χ0n) is 13.3. The second kappa shape index (κ2) is 5.49. The van der Waals surface area contributed by atoms with Crippen LogP contribution in [-0.2, 0) is 6.18 Å². The number of amides is 1. The summed E-state index contributed by atoms with van der Waals surface area (Å²) < 4.78 is 40.9. The Morgan fingerprint density at radius 2 is 1.96 bits per heavy atom. The first-order valence-electron chi connectivity index (χ1n) is 8.03. The van der Waals surface area contributed by atoms with E-state index in [2.05, 4.69) is 15.6 Å². The molecule has 0 aromatic carbocycles. The van der Waals surface area contributed by atoms with Crippen molar-refractivity contribution in [3.8, 4) is 0 Å². The van der Waals surface area contributed by atoms with Crippen LogP contribution in [0.1, 0.15) is 74.6 Å². The fourth-order valence-electron chi connectivity index (χ4n) is 3.27. The summed E-state index contributed by atoms with van der Waals surface area (Å²) in [7, 11) is 0. The van der Waals surface area contributed by atoms with E-state index in [-0.39, 0.29) is 17.5 Å². The minimum Gasteiger partial charge on any atom is -0.347 e. The van der Waals surface area contributed by atoms with Gasteiger partial charge in [-0.2, -0.15) is 13.2 Å². The molecule has 1 unspecified atom stereocenters. The van der Waals surface area contributed by atoms with E-state index >= 15 is 0 Å². The highest BCUT2D eigenvalue weighted by Crippen LogP contribution is 2.41. The van der Waals surface area contributed by atoms with Crippen LogP contribution in [0.15, 0.2) is 0 Å². The molecule has 3 rings (SSSR count). The summed E-state index contributed by atoms with van der Waals surface area (Å²) in [5.74, 6) is -0.774. The minimum absolute atomic E-state index is 0.126. The van der Waals surface area contributed by atoms with Crippen LogP contribution in [-0.4, -0.2) is 26.9 Å². The van der Waals surface area contributed by atoms with Crippen LogP contribution in [0.4, 0.5) is 13.2 Å². The van der Waals surface area contributed by atoms with Gasteiger partial charge in [-0.3, -0.25) is 4.79 Å². The van der Waals surface area contributed by atoms with E-state index in [9.17, 15) is 18.0 Å². The molecular weight excluding hydrogens is 309 g/mol. The third-order valence-corrected chi connectivity index (χ3v) is 4.88. The van der Waals surface area contributed by atoms with Crippen LogP contribution >= 0.6 is 0 Å². The molecule has 1 N–H and O–H groups in total. The van der Waals surface area contributed by atoms with Crippen LogP contribution in [0.5, 0.6) is 0 Å². The maximum Gasteiger partial charge on any atom is 0.435 e. The van der Waals surface area contributed by atoms with E-state index in [1.807, 2.05) is 13.8 Å². The predicted octanol–water partition coefficient (Wildman–Crippen LogP) is 3.33. The highest BCUT2D eigenvalue weighted by Gasteiger charge is 2.45. The first-order valence-corrected chi connectivity index (χ1v) is 8.03.